The van der Waals surface area contributed by atoms with Crippen LogP contribution in [0, 0.1) is 6.92 Å². The third-order valence-corrected chi connectivity index (χ3v) is 3.63. The molecule has 0 fully saturated rings. The summed E-state index contributed by atoms with van der Waals surface area (Å²) in [5, 5.41) is 7.86. The van der Waals surface area contributed by atoms with Gasteiger partial charge in [0, 0.05) is 26.7 Å². The smallest absolute Gasteiger partial charge is 0.216 e. The zero-order chi connectivity index (χ0) is 16.1. The molecule has 0 saturated heterocycles. The van der Waals surface area contributed by atoms with Gasteiger partial charge in [-0.25, -0.2) is 4.68 Å². The molecule has 0 amide bonds. The predicted molar refractivity (Wildman–Crippen MR) is 88.9 cm³/mol. The minimum absolute atomic E-state index is 0.752. The zero-order valence-corrected chi connectivity index (χ0v) is 14.2. The molecule has 120 valence electrons. The average Bonchev–Trinajstić information content (AvgIpc) is 2.74. The molecular weight excluding hydrogens is 276 g/mol. The molecule has 0 spiro atoms. The highest BCUT2D eigenvalue weighted by Gasteiger charge is 2.12. The van der Waals surface area contributed by atoms with Crippen molar-refractivity contribution < 1.29 is 4.74 Å². The fourth-order valence-corrected chi connectivity index (χ4v) is 2.60. The van der Waals surface area contributed by atoms with Crippen molar-refractivity contribution in [2.45, 2.75) is 26.6 Å². The summed E-state index contributed by atoms with van der Waals surface area (Å²) in [5.74, 6) is 0.825. The first kappa shape index (κ1) is 16.5. The van der Waals surface area contributed by atoms with Gasteiger partial charge >= 0.3 is 0 Å². The third kappa shape index (κ3) is 4.08. The minimum Gasteiger partial charge on any atom is -0.481 e. The average molecular weight is 302 g/mol. The second kappa shape index (κ2) is 7.42. The number of hydrogen-bond donors (Lipinski definition) is 1. The van der Waals surface area contributed by atoms with Gasteiger partial charge in [-0.1, -0.05) is 24.3 Å². The van der Waals surface area contributed by atoms with Crippen molar-refractivity contribution in [3.63, 3.8) is 0 Å². The van der Waals surface area contributed by atoms with Gasteiger partial charge in [0.1, 0.15) is 0 Å². The Hall–Kier alpha value is -1.85. The van der Waals surface area contributed by atoms with E-state index in [4.69, 9.17) is 4.74 Å². The molecule has 22 heavy (non-hydrogen) atoms. The molecule has 1 heterocycles. The maximum absolute atomic E-state index is 5.41. The summed E-state index contributed by atoms with van der Waals surface area (Å²) in [6.45, 7) is 4.57. The third-order valence-electron chi connectivity index (χ3n) is 3.63. The Balaban J connectivity index is 1.91. The van der Waals surface area contributed by atoms with Crippen LogP contribution < -0.4 is 10.1 Å². The Morgan fingerprint density at radius 2 is 1.77 bits per heavy atom. The van der Waals surface area contributed by atoms with Crippen molar-refractivity contribution in [2.75, 3.05) is 21.2 Å². The van der Waals surface area contributed by atoms with Gasteiger partial charge in [-0.05, 0) is 32.1 Å². The summed E-state index contributed by atoms with van der Waals surface area (Å²) >= 11 is 0. The summed E-state index contributed by atoms with van der Waals surface area (Å²) in [5.41, 5.74) is 4.74. The van der Waals surface area contributed by atoms with E-state index in [-0.39, 0.29) is 0 Å². The van der Waals surface area contributed by atoms with Crippen molar-refractivity contribution in [3.05, 3.63) is 46.6 Å². The Morgan fingerprint density at radius 1 is 1.14 bits per heavy atom. The highest BCUT2D eigenvalue weighted by atomic mass is 16.5. The number of nitrogens with zero attached hydrogens (tertiary/aromatic N) is 3. The van der Waals surface area contributed by atoms with E-state index in [2.05, 4.69) is 53.7 Å². The van der Waals surface area contributed by atoms with Gasteiger partial charge in [-0.2, -0.15) is 5.10 Å². The largest absolute Gasteiger partial charge is 0.481 e. The summed E-state index contributed by atoms with van der Waals surface area (Å²) in [7, 11) is 7.75. The number of aryl methyl sites for hydroxylation is 2. The molecule has 0 atom stereocenters. The van der Waals surface area contributed by atoms with Crippen LogP contribution >= 0.6 is 0 Å². The maximum atomic E-state index is 5.41. The summed E-state index contributed by atoms with van der Waals surface area (Å²) in [6.07, 6.45) is 0. The molecule has 0 aliphatic rings. The standard InChI is InChI=1S/C17H26N4O/c1-13-16(17(22-5)21(4)19-13)11-18-10-14-6-8-15(9-7-14)12-20(2)3/h6-9,18H,10-12H2,1-5H3. The fraction of sp³-hybridized carbons (Fsp3) is 0.471. The summed E-state index contributed by atoms with van der Waals surface area (Å²) < 4.78 is 7.19. The lowest BCUT2D eigenvalue weighted by Gasteiger charge is -2.11. The van der Waals surface area contributed by atoms with E-state index < -0.39 is 0 Å². The van der Waals surface area contributed by atoms with Crippen molar-refractivity contribution in [2.24, 2.45) is 7.05 Å². The molecule has 1 aromatic carbocycles. The molecule has 0 aliphatic carbocycles. The van der Waals surface area contributed by atoms with Crippen LogP contribution in [0.4, 0.5) is 0 Å². The van der Waals surface area contributed by atoms with Gasteiger partial charge in [-0.3, -0.25) is 0 Å². The monoisotopic (exact) mass is 302 g/mol. The molecule has 0 saturated carbocycles. The second-order valence-corrected chi connectivity index (χ2v) is 5.85. The highest BCUT2D eigenvalue weighted by Crippen LogP contribution is 2.20. The van der Waals surface area contributed by atoms with Crippen molar-refractivity contribution in [1.82, 2.24) is 20.0 Å². The van der Waals surface area contributed by atoms with Gasteiger partial charge in [0.05, 0.1) is 18.4 Å². The SMILES string of the molecule is COc1c(CNCc2ccc(CN(C)C)cc2)c(C)nn1C. The van der Waals surface area contributed by atoms with Crippen LogP contribution in [0.3, 0.4) is 0 Å². The number of methoxy groups -OCH3 is 1. The van der Waals surface area contributed by atoms with Gasteiger partial charge < -0.3 is 15.0 Å². The molecule has 0 bridgehead atoms. The molecule has 1 aromatic heterocycles. The lowest BCUT2D eigenvalue weighted by molar-refractivity contribution is 0.368. The normalized spacial score (nSPS) is 11.2. The maximum Gasteiger partial charge on any atom is 0.216 e. The quantitative estimate of drug-likeness (QED) is 0.850. The van der Waals surface area contributed by atoms with Gasteiger partial charge in [0.25, 0.3) is 0 Å². The first-order valence-corrected chi connectivity index (χ1v) is 7.51. The Labute approximate surface area is 132 Å². The van der Waals surface area contributed by atoms with E-state index in [0.717, 1.165) is 36.8 Å². The topological polar surface area (TPSA) is 42.3 Å². The molecule has 2 aromatic rings. The van der Waals surface area contributed by atoms with Crippen molar-refractivity contribution in [1.29, 1.82) is 0 Å². The summed E-state index contributed by atoms with van der Waals surface area (Å²) in [4.78, 5) is 2.17. The van der Waals surface area contributed by atoms with E-state index in [1.807, 2.05) is 14.0 Å². The molecule has 0 unspecified atom stereocenters. The molecular formula is C17H26N4O. The van der Waals surface area contributed by atoms with E-state index in [1.54, 1.807) is 11.8 Å². The van der Waals surface area contributed by atoms with Gasteiger partial charge in [0.15, 0.2) is 0 Å². The number of hydrogen-bond acceptors (Lipinski definition) is 4. The number of benzene rings is 1. The van der Waals surface area contributed by atoms with Crippen LogP contribution in [0.15, 0.2) is 24.3 Å². The molecule has 5 nitrogen and oxygen atoms in total. The van der Waals surface area contributed by atoms with Crippen LogP contribution in [0.5, 0.6) is 5.88 Å². The first-order chi connectivity index (χ1) is 10.5. The lowest BCUT2D eigenvalue weighted by Crippen LogP contribution is -2.14. The first-order valence-electron chi connectivity index (χ1n) is 7.51. The minimum atomic E-state index is 0.752. The molecule has 0 aliphatic heterocycles. The van der Waals surface area contributed by atoms with Gasteiger partial charge in [0.2, 0.25) is 5.88 Å². The van der Waals surface area contributed by atoms with E-state index in [1.165, 1.54) is 11.1 Å². The van der Waals surface area contributed by atoms with Crippen LogP contribution in [0.1, 0.15) is 22.4 Å². The van der Waals surface area contributed by atoms with E-state index in [9.17, 15) is 0 Å². The predicted octanol–water partition coefficient (Wildman–Crippen LogP) is 2.09. The molecule has 2 rings (SSSR count). The molecule has 0 radical (unpaired) electrons. The van der Waals surface area contributed by atoms with Crippen LogP contribution in [-0.2, 0) is 26.7 Å². The molecule has 1 N–H and O–H groups in total. The van der Waals surface area contributed by atoms with Crippen molar-refractivity contribution >= 4 is 0 Å². The van der Waals surface area contributed by atoms with Crippen molar-refractivity contribution in [3.8, 4) is 5.88 Å². The Morgan fingerprint density at radius 3 is 2.36 bits per heavy atom. The van der Waals surface area contributed by atoms with Crippen LogP contribution in [-0.4, -0.2) is 35.9 Å². The number of aromatic nitrogens is 2. The lowest BCUT2D eigenvalue weighted by atomic mass is 10.1. The van der Waals surface area contributed by atoms with E-state index >= 15 is 0 Å². The fourth-order valence-electron chi connectivity index (χ4n) is 2.60. The number of nitrogens with one attached hydrogen (secondary N) is 1. The Kier molecular flexibility index (Phi) is 5.57. The number of ether oxygens (including phenoxy) is 1. The second-order valence-electron chi connectivity index (χ2n) is 5.85. The van der Waals surface area contributed by atoms with Gasteiger partial charge in [-0.15, -0.1) is 0 Å². The van der Waals surface area contributed by atoms with E-state index in [0.29, 0.717) is 0 Å². The number of rotatable bonds is 7. The van der Waals surface area contributed by atoms with Crippen LogP contribution in [0.25, 0.3) is 0 Å². The zero-order valence-electron chi connectivity index (χ0n) is 14.2. The Bertz CT molecular complexity index is 602. The highest BCUT2D eigenvalue weighted by molar-refractivity contribution is 5.31. The van der Waals surface area contributed by atoms with Crippen LogP contribution in [0.2, 0.25) is 0 Å². The molecule has 5 heteroatoms. The summed E-state index contributed by atoms with van der Waals surface area (Å²) in [6, 6.07) is 8.73.